The fourth-order valence-corrected chi connectivity index (χ4v) is 2.45. The van der Waals surface area contributed by atoms with Crippen LogP contribution in [0.4, 0.5) is 0 Å². The molecule has 8 nitrogen and oxygen atoms in total. The normalized spacial score (nSPS) is 10.5. The molecule has 26 heavy (non-hydrogen) atoms. The molecule has 2 aromatic heterocycles. The Morgan fingerprint density at radius 2 is 2.04 bits per heavy atom. The molecule has 2 heterocycles. The van der Waals surface area contributed by atoms with Gasteiger partial charge in [-0.05, 0) is 12.1 Å². The van der Waals surface area contributed by atoms with Crippen LogP contribution in [-0.4, -0.2) is 27.8 Å². The van der Waals surface area contributed by atoms with Gasteiger partial charge in [-0.15, -0.1) is 10.2 Å². The summed E-state index contributed by atoms with van der Waals surface area (Å²) in [5.74, 6) is 1.12. The molecule has 0 atom stereocenters. The van der Waals surface area contributed by atoms with E-state index in [1.54, 1.807) is 20.1 Å². The summed E-state index contributed by atoms with van der Waals surface area (Å²) in [7, 11) is 1.57. The van der Waals surface area contributed by atoms with Crippen molar-refractivity contribution in [1.29, 1.82) is 0 Å². The first kappa shape index (κ1) is 17.4. The Morgan fingerprint density at radius 1 is 1.23 bits per heavy atom. The first-order valence-electron chi connectivity index (χ1n) is 7.96. The number of aromatic nitrogens is 3. The smallest absolute Gasteiger partial charge is 0.251 e. The lowest BCUT2D eigenvalue weighted by Crippen LogP contribution is -2.31. The molecule has 0 aliphatic rings. The van der Waals surface area contributed by atoms with Gasteiger partial charge in [-0.3, -0.25) is 9.59 Å². The molecular formula is C18H18N4O4. The van der Waals surface area contributed by atoms with E-state index in [1.807, 2.05) is 24.3 Å². The van der Waals surface area contributed by atoms with Crippen LogP contribution in [0.1, 0.15) is 11.5 Å². The summed E-state index contributed by atoms with van der Waals surface area (Å²) in [6.45, 7) is 1.87. The molecule has 0 saturated carbocycles. The first-order chi connectivity index (χ1) is 12.6. The Bertz CT molecular complexity index is 977. The lowest BCUT2D eigenvalue weighted by Gasteiger charge is -2.10. The molecule has 0 aliphatic heterocycles. The van der Waals surface area contributed by atoms with Gasteiger partial charge >= 0.3 is 0 Å². The molecule has 0 spiro atoms. The Hall–Kier alpha value is -3.42. The highest BCUT2D eigenvalue weighted by molar-refractivity contribution is 5.76. The van der Waals surface area contributed by atoms with Gasteiger partial charge in [-0.1, -0.05) is 18.2 Å². The van der Waals surface area contributed by atoms with Crippen molar-refractivity contribution >= 4 is 5.91 Å². The van der Waals surface area contributed by atoms with E-state index >= 15 is 0 Å². The SMILES string of the molecule is COc1ccccc1CNC(=O)Cn1cc(-c2nnc(C)o2)ccc1=O. The molecule has 134 valence electrons. The maximum Gasteiger partial charge on any atom is 0.251 e. The molecule has 1 aromatic carbocycles. The van der Waals surface area contributed by atoms with Crippen molar-refractivity contribution in [3.63, 3.8) is 0 Å². The number of hydrogen-bond donors (Lipinski definition) is 1. The minimum Gasteiger partial charge on any atom is -0.496 e. The molecule has 0 bridgehead atoms. The lowest BCUT2D eigenvalue weighted by atomic mass is 10.2. The van der Waals surface area contributed by atoms with Crippen LogP contribution in [0.3, 0.4) is 0 Å². The van der Waals surface area contributed by atoms with E-state index < -0.39 is 0 Å². The molecule has 0 fully saturated rings. The second-order valence-electron chi connectivity index (χ2n) is 5.60. The fraction of sp³-hybridized carbons (Fsp3) is 0.222. The number of rotatable bonds is 6. The zero-order valence-corrected chi connectivity index (χ0v) is 14.4. The van der Waals surface area contributed by atoms with Crippen molar-refractivity contribution in [3.05, 3.63) is 64.4 Å². The average Bonchev–Trinajstić information content (AvgIpc) is 3.08. The molecule has 0 saturated heterocycles. The van der Waals surface area contributed by atoms with E-state index in [0.717, 1.165) is 5.56 Å². The van der Waals surface area contributed by atoms with Crippen molar-refractivity contribution in [2.45, 2.75) is 20.0 Å². The first-order valence-corrected chi connectivity index (χ1v) is 7.96. The highest BCUT2D eigenvalue weighted by atomic mass is 16.5. The lowest BCUT2D eigenvalue weighted by molar-refractivity contribution is -0.121. The van der Waals surface area contributed by atoms with Crippen LogP contribution < -0.4 is 15.6 Å². The second kappa shape index (κ2) is 7.64. The third-order valence-electron chi connectivity index (χ3n) is 3.74. The molecule has 0 aliphatic carbocycles. The number of ether oxygens (including phenoxy) is 1. The number of methoxy groups -OCH3 is 1. The van der Waals surface area contributed by atoms with E-state index in [0.29, 0.717) is 29.6 Å². The Balaban J connectivity index is 1.70. The maximum atomic E-state index is 12.2. The van der Waals surface area contributed by atoms with Crippen molar-refractivity contribution in [2.24, 2.45) is 0 Å². The molecule has 0 unspecified atom stereocenters. The van der Waals surface area contributed by atoms with E-state index in [1.165, 1.54) is 16.8 Å². The summed E-state index contributed by atoms with van der Waals surface area (Å²) in [5, 5.41) is 10.5. The van der Waals surface area contributed by atoms with Gasteiger partial charge in [-0.25, -0.2) is 0 Å². The van der Waals surface area contributed by atoms with Crippen LogP contribution >= 0.6 is 0 Å². The molecular weight excluding hydrogens is 336 g/mol. The van der Waals surface area contributed by atoms with Gasteiger partial charge in [0.15, 0.2) is 0 Å². The largest absolute Gasteiger partial charge is 0.496 e. The molecule has 0 radical (unpaired) electrons. The number of carbonyl (C=O) groups excluding carboxylic acids is 1. The molecule has 1 amide bonds. The monoisotopic (exact) mass is 354 g/mol. The topological polar surface area (TPSA) is 99.2 Å². The quantitative estimate of drug-likeness (QED) is 0.721. The van der Waals surface area contributed by atoms with Crippen molar-refractivity contribution < 1.29 is 13.9 Å². The summed E-state index contributed by atoms with van der Waals surface area (Å²) < 4.78 is 11.9. The van der Waals surface area contributed by atoms with Gasteiger partial charge in [0.05, 0.1) is 12.7 Å². The van der Waals surface area contributed by atoms with Crippen molar-refractivity contribution in [1.82, 2.24) is 20.1 Å². The summed E-state index contributed by atoms with van der Waals surface area (Å²) in [4.78, 5) is 24.2. The number of nitrogens with zero attached hydrogens (tertiary/aromatic N) is 3. The van der Waals surface area contributed by atoms with Crippen LogP contribution in [0.25, 0.3) is 11.5 Å². The summed E-state index contributed by atoms with van der Waals surface area (Å²) in [5.41, 5.74) is 1.13. The minimum atomic E-state index is -0.295. The Morgan fingerprint density at radius 3 is 2.77 bits per heavy atom. The number of pyridine rings is 1. The van der Waals surface area contributed by atoms with Crippen LogP contribution in [0.5, 0.6) is 5.75 Å². The van der Waals surface area contributed by atoms with Gasteiger partial charge < -0.3 is 19.0 Å². The van der Waals surface area contributed by atoms with Crippen molar-refractivity contribution in [3.8, 4) is 17.2 Å². The summed E-state index contributed by atoms with van der Waals surface area (Å²) in [6, 6.07) is 10.4. The fourth-order valence-electron chi connectivity index (χ4n) is 2.45. The third-order valence-corrected chi connectivity index (χ3v) is 3.74. The zero-order valence-electron chi connectivity index (χ0n) is 14.4. The highest BCUT2D eigenvalue weighted by Crippen LogP contribution is 2.17. The van der Waals surface area contributed by atoms with Crippen LogP contribution in [0.15, 0.2) is 51.8 Å². The number of carbonyl (C=O) groups is 1. The number of para-hydroxylation sites is 1. The van der Waals surface area contributed by atoms with Gasteiger partial charge in [0.2, 0.25) is 17.7 Å². The summed E-state index contributed by atoms with van der Waals surface area (Å²) >= 11 is 0. The predicted molar refractivity (Wildman–Crippen MR) is 93.6 cm³/mol. The molecule has 3 aromatic rings. The number of nitrogens with one attached hydrogen (secondary N) is 1. The van der Waals surface area contributed by atoms with E-state index in [4.69, 9.17) is 9.15 Å². The van der Waals surface area contributed by atoms with Gasteiger partial charge in [0, 0.05) is 31.3 Å². The number of benzene rings is 1. The Kier molecular flexibility index (Phi) is 5.12. The minimum absolute atomic E-state index is 0.116. The molecule has 8 heteroatoms. The van der Waals surface area contributed by atoms with Crippen molar-refractivity contribution in [2.75, 3.05) is 7.11 Å². The average molecular weight is 354 g/mol. The van der Waals surface area contributed by atoms with Gasteiger partial charge in [0.1, 0.15) is 12.3 Å². The molecule has 3 rings (SSSR count). The molecule has 1 N–H and O–H groups in total. The van der Waals surface area contributed by atoms with Crippen LogP contribution in [-0.2, 0) is 17.9 Å². The number of amides is 1. The van der Waals surface area contributed by atoms with E-state index in [-0.39, 0.29) is 18.0 Å². The number of aryl methyl sites for hydroxylation is 1. The number of hydrogen-bond acceptors (Lipinski definition) is 6. The predicted octanol–water partition coefficient (Wildman–Crippen LogP) is 1.53. The summed E-state index contributed by atoms with van der Waals surface area (Å²) in [6.07, 6.45) is 1.53. The second-order valence-corrected chi connectivity index (χ2v) is 5.60. The Labute approximate surface area is 149 Å². The zero-order chi connectivity index (χ0) is 18.5. The van der Waals surface area contributed by atoms with Crippen LogP contribution in [0, 0.1) is 6.92 Å². The maximum absolute atomic E-state index is 12.2. The van der Waals surface area contributed by atoms with Gasteiger partial charge in [0.25, 0.3) is 5.56 Å². The van der Waals surface area contributed by atoms with E-state index in [9.17, 15) is 9.59 Å². The van der Waals surface area contributed by atoms with Gasteiger partial charge in [-0.2, -0.15) is 0 Å². The van der Waals surface area contributed by atoms with E-state index in [2.05, 4.69) is 15.5 Å². The standard InChI is InChI=1S/C18H18N4O4/c1-12-20-21-18(26-12)14-7-8-17(24)22(10-14)11-16(23)19-9-13-5-3-4-6-15(13)25-2/h3-8,10H,9,11H2,1-2H3,(H,19,23). The third kappa shape index (κ3) is 3.97. The highest BCUT2D eigenvalue weighted by Gasteiger charge is 2.11. The van der Waals surface area contributed by atoms with Crippen LogP contribution in [0.2, 0.25) is 0 Å².